The molecule has 0 aromatic heterocycles. The van der Waals surface area contributed by atoms with Crippen LogP contribution in [0, 0.1) is 11.3 Å². The topological polar surface area (TPSA) is 119 Å². The Hall–Kier alpha value is -2.24. The highest BCUT2D eigenvalue weighted by Crippen LogP contribution is 2.38. The number of halogens is 1. The monoisotopic (exact) mass is 397 g/mol. The number of aromatic hydroxyl groups is 1. The number of carbonyl (C=O) groups excluding carboxylic acids is 1. The summed E-state index contributed by atoms with van der Waals surface area (Å²) in [7, 11) is -4.01. The first-order valence-electron chi connectivity index (χ1n) is 7.93. The molecule has 26 heavy (non-hydrogen) atoms. The standard InChI is InChI=1S/C17H20ClN3O4S/c1-17(2,3)26(24,25)15-10(9-19)7-8-13(14(15)22)21-16(23)20-12-6-4-5-11(12)18/h5,7-8,12,22H,4,6H2,1-3H3,(H2,20,21,23)/t12-/m1/s1. The molecule has 0 saturated heterocycles. The molecule has 1 atom stereocenters. The first kappa shape index (κ1) is 20.1. The highest BCUT2D eigenvalue weighted by atomic mass is 35.5. The zero-order valence-corrected chi connectivity index (χ0v) is 16.2. The van der Waals surface area contributed by atoms with Crippen molar-refractivity contribution in [3.8, 4) is 11.8 Å². The van der Waals surface area contributed by atoms with E-state index in [1.54, 1.807) is 12.1 Å². The molecule has 1 aromatic carbocycles. The third kappa shape index (κ3) is 3.79. The average Bonchev–Trinajstić information content (AvgIpc) is 2.92. The van der Waals surface area contributed by atoms with Crippen LogP contribution >= 0.6 is 11.6 Å². The van der Waals surface area contributed by atoms with Gasteiger partial charge in [0.15, 0.2) is 15.6 Å². The molecule has 1 aliphatic carbocycles. The molecule has 0 fully saturated rings. The van der Waals surface area contributed by atoms with Gasteiger partial charge in [0.25, 0.3) is 0 Å². The van der Waals surface area contributed by atoms with Gasteiger partial charge >= 0.3 is 6.03 Å². The molecule has 1 aromatic rings. The van der Waals surface area contributed by atoms with E-state index in [-0.39, 0.29) is 17.3 Å². The number of anilines is 1. The van der Waals surface area contributed by atoms with E-state index in [1.807, 2.05) is 0 Å². The van der Waals surface area contributed by atoms with Gasteiger partial charge in [-0.3, -0.25) is 0 Å². The molecule has 1 aliphatic rings. The van der Waals surface area contributed by atoms with E-state index in [9.17, 15) is 23.6 Å². The summed E-state index contributed by atoms with van der Waals surface area (Å²) >= 11 is 5.99. The molecule has 0 unspecified atom stereocenters. The minimum atomic E-state index is -4.01. The second-order valence-electron chi connectivity index (χ2n) is 6.88. The molecule has 0 spiro atoms. The van der Waals surface area contributed by atoms with Crippen molar-refractivity contribution >= 4 is 33.2 Å². The van der Waals surface area contributed by atoms with Gasteiger partial charge in [-0.15, -0.1) is 0 Å². The van der Waals surface area contributed by atoms with Gasteiger partial charge in [0.05, 0.1) is 22.0 Å². The second kappa shape index (κ2) is 7.17. The van der Waals surface area contributed by atoms with Crippen LogP contribution < -0.4 is 10.6 Å². The number of urea groups is 1. The van der Waals surface area contributed by atoms with E-state index in [0.29, 0.717) is 11.5 Å². The van der Waals surface area contributed by atoms with Crippen molar-refractivity contribution in [3.63, 3.8) is 0 Å². The minimum absolute atomic E-state index is 0.109. The minimum Gasteiger partial charge on any atom is -0.504 e. The lowest BCUT2D eigenvalue weighted by molar-refractivity contribution is 0.250. The van der Waals surface area contributed by atoms with Gasteiger partial charge in [0.1, 0.15) is 11.0 Å². The van der Waals surface area contributed by atoms with Crippen LogP contribution in [0.5, 0.6) is 5.75 Å². The van der Waals surface area contributed by atoms with Crippen LogP contribution in [-0.2, 0) is 9.84 Å². The van der Waals surface area contributed by atoms with Crippen LogP contribution in [0.3, 0.4) is 0 Å². The van der Waals surface area contributed by atoms with Crippen LogP contribution in [0.25, 0.3) is 0 Å². The van der Waals surface area contributed by atoms with Crippen molar-refractivity contribution < 1.29 is 18.3 Å². The Bertz CT molecular complexity index is 911. The lowest BCUT2D eigenvalue weighted by atomic mass is 10.2. The van der Waals surface area contributed by atoms with Crippen molar-refractivity contribution in [2.75, 3.05) is 5.32 Å². The quantitative estimate of drug-likeness (QED) is 0.676. The summed E-state index contributed by atoms with van der Waals surface area (Å²) in [5, 5.41) is 25.3. The molecule has 2 amide bonds. The van der Waals surface area contributed by atoms with Gasteiger partial charge in [-0.05, 0) is 45.7 Å². The molecular formula is C17H20ClN3O4S. The Morgan fingerprint density at radius 3 is 2.54 bits per heavy atom. The molecule has 0 radical (unpaired) electrons. The number of nitrogens with one attached hydrogen (secondary N) is 2. The van der Waals surface area contributed by atoms with Crippen LogP contribution in [0.15, 0.2) is 28.1 Å². The van der Waals surface area contributed by atoms with Gasteiger partial charge in [-0.1, -0.05) is 17.7 Å². The summed E-state index contributed by atoms with van der Waals surface area (Å²) in [5.41, 5.74) is -0.299. The highest BCUT2D eigenvalue weighted by molar-refractivity contribution is 7.93. The maximum absolute atomic E-state index is 12.7. The Balaban J connectivity index is 2.37. The van der Waals surface area contributed by atoms with Crippen molar-refractivity contribution in [2.24, 2.45) is 0 Å². The molecular weight excluding hydrogens is 378 g/mol. The third-order valence-corrected chi connectivity index (χ3v) is 6.99. The molecule has 7 nitrogen and oxygen atoms in total. The van der Waals surface area contributed by atoms with E-state index in [1.165, 1.54) is 32.9 Å². The van der Waals surface area contributed by atoms with Crippen molar-refractivity contribution in [1.29, 1.82) is 5.26 Å². The van der Waals surface area contributed by atoms with Gasteiger partial charge in [0.2, 0.25) is 0 Å². The molecule has 0 bridgehead atoms. The normalized spacial score (nSPS) is 17.3. The summed E-state index contributed by atoms with van der Waals surface area (Å²) < 4.78 is 24.3. The summed E-state index contributed by atoms with van der Waals surface area (Å²) in [5.74, 6) is -0.665. The number of carbonyl (C=O) groups is 1. The number of allylic oxidation sites excluding steroid dienone is 1. The predicted octanol–water partition coefficient (Wildman–Crippen LogP) is 3.24. The third-order valence-electron chi connectivity index (χ3n) is 4.01. The number of nitrogens with zero attached hydrogens (tertiary/aromatic N) is 1. The number of phenols is 1. The second-order valence-corrected chi connectivity index (χ2v) is 9.96. The highest BCUT2D eigenvalue weighted by Gasteiger charge is 2.36. The van der Waals surface area contributed by atoms with Crippen molar-refractivity contribution in [3.05, 3.63) is 28.8 Å². The predicted molar refractivity (Wildman–Crippen MR) is 98.9 cm³/mol. The molecule has 3 N–H and O–H groups in total. The number of phenolic OH excluding ortho intramolecular Hbond substituents is 1. The number of rotatable bonds is 3. The number of hydrogen-bond donors (Lipinski definition) is 3. The van der Waals surface area contributed by atoms with Crippen molar-refractivity contribution in [1.82, 2.24) is 5.32 Å². The van der Waals surface area contributed by atoms with E-state index in [0.717, 1.165) is 6.42 Å². The van der Waals surface area contributed by atoms with E-state index in [4.69, 9.17) is 11.6 Å². The number of benzene rings is 1. The maximum atomic E-state index is 12.7. The summed E-state index contributed by atoms with van der Waals surface area (Å²) in [4.78, 5) is 11.6. The molecule has 0 aliphatic heterocycles. The van der Waals surface area contributed by atoms with Crippen LogP contribution in [0.1, 0.15) is 39.2 Å². The Labute approximate surface area is 157 Å². The van der Waals surface area contributed by atoms with Crippen LogP contribution in [0.4, 0.5) is 10.5 Å². The number of hydrogen-bond acceptors (Lipinski definition) is 5. The first-order valence-corrected chi connectivity index (χ1v) is 9.79. The fraction of sp³-hybridized carbons (Fsp3) is 0.412. The van der Waals surface area contributed by atoms with E-state index >= 15 is 0 Å². The Morgan fingerprint density at radius 1 is 1.38 bits per heavy atom. The SMILES string of the molecule is CC(C)(C)S(=O)(=O)c1c(C#N)ccc(NC(=O)N[C@@H]2CCC=C2Cl)c1O. The lowest BCUT2D eigenvalue weighted by Gasteiger charge is -2.22. The molecule has 0 saturated carbocycles. The van der Waals surface area contributed by atoms with Gasteiger partial charge in [0, 0.05) is 5.03 Å². The van der Waals surface area contributed by atoms with E-state index in [2.05, 4.69) is 10.6 Å². The zero-order chi connectivity index (χ0) is 19.7. The summed E-state index contributed by atoms with van der Waals surface area (Å²) in [6.07, 6.45) is 3.22. The van der Waals surface area contributed by atoms with Gasteiger partial charge < -0.3 is 15.7 Å². The molecule has 0 heterocycles. The number of nitriles is 1. The van der Waals surface area contributed by atoms with Crippen molar-refractivity contribution in [2.45, 2.75) is 49.3 Å². The molecule has 9 heteroatoms. The Kier molecular flexibility index (Phi) is 5.54. The largest absolute Gasteiger partial charge is 0.504 e. The maximum Gasteiger partial charge on any atom is 0.319 e. The Morgan fingerprint density at radius 2 is 2.04 bits per heavy atom. The van der Waals surface area contributed by atoms with Crippen LogP contribution in [-0.4, -0.2) is 30.3 Å². The van der Waals surface area contributed by atoms with Gasteiger partial charge in [-0.25, -0.2) is 13.2 Å². The fourth-order valence-electron chi connectivity index (χ4n) is 2.46. The molecule has 140 valence electrons. The number of amides is 2. The zero-order valence-electron chi connectivity index (χ0n) is 14.6. The van der Waals surface area contributed by atoms with Crippen LogP contribution in [0.2, 0.25) is 0 Å². The summed E-state index contributed by atoms with van der Waals surface area (Å²) in [6.45, 7) is 4.39. The van der Waals surface area contributed by atoms with E-state index < -0.39 is 31.3 Å². The number of sulfone groups is 1. The first-order chi connectivity index (χ1) is 12.0. The lowest BCUT2D eigenvalue weighted by Crippen LogP contribution is -2.37. The summed E-state index contributed by atoms with van der Waals surface area (Å²) in [6, 6.07) is 3.33. The molecule has 2 rings (SSSR count). The average molecular weight is 398 g/mol. The smallest absolute Gasteiger partial charge is 0.319 e. The fourth-order valence-corrected chi connectivity index (χ4v) is 4.12. The van der Waals surface area contributed by atoms with Gasteiger partial charge in [-0.2, -0.15) is 5.26 Å².